The van der Waals surface area contributed by atoms with Gasteiger partial charge in [0.05, 0.1) is 4.92 Å². The molecule has 0 saturated carbocycles. The fourth-order valence-corrected chi connectivity index (χ4v) is 2.24. The fraction of sp³-hybridized carbons (Fsp3) is 0. The van der Waals surface area contributed by atoms with Crippen LogP contribution < -0.4 is 0 Å². The number of hydrogen-bond donors (Lipinski definition) is 0. The lowest BCUT2D eigenvalue weighted by molar-refractivity contribution is -0.384. The van der Waals surface area contributed by atoms with E-state index in [0.717, 1.165) is 22.3 Å². The average molecular weight is 325 g/mol. The molecule has 120 valence electrons. The molecule has 3 aromatic rings. The molecule has 0 fully saturated rings. The second-order valence-electron chi connectivity index (χ2n) is 5.42. The van der Waals surface area contributed by atoms with E-state index >= 15 is 0 Å². The highest BCUT2D eigenvalue weighted by atomic mass is 16.6. The summed E-state index contributed by atoms with van der Waals surface area (Å²) >= 11 is 0. The van der Waals surface area contributed by atoms with Gasteiger partial charge in [-0.2, -0.15) is 0 Å². The maximum atomic E-state index is 10.6. The Labute approximate surface area is 146 Å². The predicted octanol–water partition coefficient (Wildman–Crippen LogP) is 5.17. The lowest BCUT2D eigenvalue weighted by atomic mass is 10.1. The van der Waals surface area contributed by atoms with Gasteiger partial charge in [-0.1, -0.05) is 54.3 Å². The molecule has 3 nitrogen and oxygen atoms in total. The highest BCUT2D eigenvalue weighted by molar-refractivity contribution is 5.70. The third-order valence-electron chi connectivity index (χ3n) is 3.61. The minimum Gasteiger partial charge on any atom is -0.258 e. The summed E-state index contributed by atoms with van der Waals surface area (Å²) < 4.78 is 0. The van der Waals surface area contributed by atoms with Crippen molar-refractivity contribution in [3.05, 3.63) is 111 Å². The third kappa shape index (κ3) is 4.66. The fourth-order valence-electron chi connectivity index (χ4n) is 2.24. The van der Waals surface area contributed by atoms with Crippen LogP contribution in [0.5, 0.6) is 0 Å². The standard InChI is InChI=1S/C22H15NO2/c24-23(25)22-16-14-21(15-17-22)13-12-20-10-8-19(9-11-20)7-6-18-4-2-1-3-5-18/h1-5,8-17H. The maximum Gasteiger partial charge on any atom is 0.269 e. The molecule has 0 aliphatic carbocycles. The smallest absolute Gasteiger partial charge is 0.258 e. The van der Waals surface area contributed by atoms with Gasteiger partial charge >= 0.3 is 0 Å². The molecule has 25 heavy (non-hydrogen) atoms. The Balaban J connectivity index is 1.68. The van der Waals surface area contributed by atoms with Crippen LogP contribution in [-0.2, 0) is 0 Å². The molecule has 0 aromatic heterocycles. The molecule has 0 unspecified atom stereocenters. The number of hydrogen-bond acceptors (Lipinski definition) is 2. The summed E-state index contributed by atoms with van der Waals surface area (Å²) in [5.74, 6) is 6.27. The van der Waals surface area contributed by atoms with Gasteiger partial charge in [0.25, 0.3) is 5.69 Å². The van der Waals surface area contributed by atoms with Gasteiger partial charge in [-0.15, -0.1) is 0 Å². The van der Waals surface area contributed by atoms with E-state index in [2.05, 4.69) is 11.8 Å². The Bertz CT molecular complexity index is 945. The first kappa shape index (κ1) is 16.2. The Morgan fingerprint density at radius 3 is 1.68 bits per heavy atom. The quantitative estimate of drug-likeness (QED) is 0.289. The number of nitro benzene ring substituents is 1. The number of benzene rings is 3. The van der Waals surface area contributed by atoms with Crippen molar-refractivity contribution >= 4 is 17.8 Å². The molecule has 0 amide bonds. The van der Waals surface area contributed by atoms with Gasteiger partial charge in [0.15, 0.2) is 0 Å². The van der Waals surface area contributed by atoms with Gasteiger partial charge in [-0.3, -0.25) is 10.1 Å². The van der Waals surface area contributed by atoms with Crippen molar-refractivity contribution in [3.8, 4) is 11.8 Å². The number of nitro groups is 1. The topological polar surface area (TPSA) is 43.1 Å². The summed E-state index contributed by atoms with van der Waals surface area (Å²) in [5, 5.41) is 10.6. The van der Waals surface area contributed by atoms with E-state index in [-0.39, 0.29) is 5.69 Å². The molecule has 0 bridgehead atoms. The van der Waals surface area contributed by atoms with Crippen molar-refractivity contribution in [2.24, 2.45) is 0 Å². The SMILES string of the molecule is O=[N+]([O-])c1ccc(C=Cc2ccc(C#Cc3ccccc3)cc2)cc1. The summed E-state index contributed by atoms with van der Waals surface area (Å²) in [5.41, 5.74) is 4.00. The molecule has 0 aliphatic rings. The van der Waals surface area contributed by atoms with Crippen LogP contribution in [0.1, 0.15) is 22.3 Å². The van der Waals surface area contributed by atoms with Crippen molar-refractivity contribution in [2.75, 3.05) is 0 Å². The molecule has 0 heterocycles. The van der Waals surface area contributed by atoms with Gasteiger partial charge in [0.1, 0.15) is 0 Å². The van der Waals surface area contributed by atoms with Crippen molar-refractivity contribution in [1.82, 2.24) is 0 Å². The van der Waals surface area contributed by atoms with E-state index in [4.69, 9.17) is 0 Å². The Hall–Kier alpha value is -3.64. The summed E-state index contributed by atoms with van der Waals surface area (Å²) in [6, 6.07) is 24.3. The summed E-state index contributed by atoms with van der Waals surface area (Å²) in [4.78, 5) is 10.2. The lowest BCUT2D eigenvalue weighted by Gasteiger charge is -1.96. The van der Waals surface area contributed by atoms with Crippen LogP contribution in [0.3, 0.4) is 0 Å². The van der Waals surface area contributed by atoms with Crippen LogP contribution in [-0.4, -0.2) is 4.92 Å². The van der Waals surface area contributed by atoms with Crippen molar-refractivity contribution in [3.63, 3.8) is 0 Å². The van der Waals surface area contributed by atoms with Gasteiger partial charge in [-0.25, -0.2) is 0 Å². The molecule has 0 aliphatic heterocycles. The molecule has 3 rings (SSSR count). The molecule has 3 aromatic carbocycles. The maximum absolute atomic E-state index is 10.6. The van der Waals surface area contributed by atoms with E-state index in [1.165, 1.54) is 12.1 Å². The Morgan fingerprint density at radius 2 is 1.16 bits per heavy atom. The minimum absolute atomic E-state index is 0.0958. The van der Waals surface area contributed by atoms with Crippen molar-refractivity contribution in [2.45, 2.75) is 0 Å². The van der Waals surface area contributed by atoms with E-state index in [9.17, 15) is 10.1 Å². The third-order valence-corrected chi connectivity index (χ3v) is 3.61. The van der Waals surface area contributed by atoms with E-state index in [0.29, 0.717) is 0 Å². The van der Waals surface area contributed by atoms with Gasteiger partial charge < -0.3 is 0 Å². The Kier molecular flexibility index (Phi) is 5.04. The van der Waals surface area contributed by atoms with Crippen LogP contribution in [0.2, 0.25) is 0 Å². The Morgan fingerprint density at radius 1 is 0.680 bits per heavy atom. The molecule has 0 saturated heterocycles. The van der Waals surface area contributed by atoms with Crippen molar-refractivity contribution in [1.29, 1.82) is 0 Å². The lowest BCUT2D eigenvalue weighted by Crippen LogP contribution is -1.86. The van der Waals surface area contributed by atoms with Crippen LogP contribution >= 0.6 is 0 Å². The normalized spacial score (nSPS) is 10.2. The number of nitrogens with zero attached hydrogens (tertiary/aromatic N) is 1. The first-order valence-electron chi connectivity index (χ1n) is 7.80. The van der Waals surface area contributed by atoms with E-state index in [1.54, 1.807) is 12.1 Å². The first-order chi connectivity index (χ1) is 12.2. The zero-order valence-electron chi connectivity index (χ0n) is 13.4. The summed E-state index contributed by atoms with van der Waals surface area (Å²) in [6.07, 6.45) is 3.89. The van der Waals surface area contributed by atoms with Crippen LogP contribution in [0.4, 0.5) is 5.69 Å². The molecule has 0 atom stereocenters. The number of rotatable bonds is 3. The second kappa shape index (κ2) is 7.76. The number of non-ortho nitro benzene ring substituents is 1. The first-order valence-corrected chi connectivity index (χ1v) is 7.80. The molecular weight excluding hydrogens is 310 g/mol. The summed E-state index contributed by atoms with van der Waals surface area (Å²) in [7, 11) is 0. The van der Waals surface area contributed by atoms with E-state index < -0.39 is 4.92 Å². The van der Waals surface area contributed by atoms with Crippen LogP contribution in [0, 0.1) is 22.0 Å². The van der Waals surface area contributed by atoms with Gasteiger partial charge in [0.2, 0.25) is 0 Å². The predicted molar refractivity (Wildman–Crippen MR) is 101 cm³/mol. The molecule has 3 heteroatoms. The zero-order chi connectivity index (χ0) is 17.5. The molecular formula is C22H15NO2. The molecule has 0 radical (unpaired) electrons. The van der Waals surface area contributed by atoms with Crippen LogP contribution in [0.15, 0.2) is 78.9 Å². The van der Waals surface area contributed by atoms with Gasteiger partial charge in [0, 0.05) is 23.3 Å². The highest BCUT2D eigenvalue weighted by Gasteiger charge is 2.02. The highest BCUT2D eigenvalue weighted by Crippen LogP contribution is 2.14. The van der Waals surface area contributed by atoms with Crippen molar-refractivity contribution < 1.29 is 4.92 Å². The molecule has 0 spiro atoms. The monoisotopic (exact) mass is 325 g/mol. The second-order valence-corrected chi connectivity index (χ2v) is 5.42. The van der Waals surface area contributed by atoms with E-state index in [1.807, 2.05) is 66.7 Å². The average Bonchev–Trinajstić information content (AvgIpc) is 2.67. The molecule has 0 N–H and O–H groups in total. The minimum atomic E-state index is -0.400. The largest absolute Gasteiger partial charge is 0.269 e. The zero-order valence-corrected chi connectivity index (χ0v) is 13.4. The summed E-state index contributed by atoms with van der Waals surface area (Å²) in [6.45, 7) is 0. The van der Waals surface area contributed by atoms with Gasteiger partial charge in [-0.05, 0) is 47.5 Å². The van der Waals surface area contributed by atoms with Crippen LogP contribution in [0.25, 0.3) is 12.2 Å².